The minimum atomic E-state index is -3.74. The average Bonchev–Trinajstić information content (AvgIpc) is 2.81. The van der Waals surface area contributed by atoms with Crippen molar-refractivity contribution in [2.24, 2.45) is 11.8 Å². The molecular formula is C25H38O8S. The molecule has 2 saturated carbocycles. The fourth-order valence-corrected chi connectivity index (χ4v) is 5.30. The standard InChI is InChI=1S/C16H22O5S.C9H16O3/c1-3-20-16(17)13-6-8-14(9-7-13)21-22(18,19)15-10-4-12(2)5-11-15;1-2-12-9(11)7-3-5-8(10)6-4-7/h4-5,10-11,13-14H,3,6-9H2,1-2H3;7-8,10H,2-6H2,1H3. The number of ether oxygens (including phenoxy) is 2. The van der Waals surface area contributed by atoms with E-state index in [9.17, 15) is 23.1 Å². The van der Waals surface area contributed by atoms with Gasteiger partial charge in [0.1, 0.15) is 0 Å². The Bertz CT molecular complexity index is 865. The van der Waals surface area contributed by atoms with E-state index < -0.39 is 10.1 Å². The van der Waals surface area contributed by atoms with Gasteiger partial charge in [-0.3, -0.25) is 13.8 Å². The number of rotatable bonds is 7. The van der Waals surface area contributed by atoms with Crippen LogP contribution in [0.2, 0.25) is 0 Å². The van der Waals surface area contributed by atoms with E-state index in [1.54, 1.807) is 31.2 Å². The van der Waals surface area contributed by atoms with Crippen molar-refractivity contribution in [2.45, 2.75) is 89.2 Å². The Morgan fingerprint density at radius 3 is 1.71 bits per heavy atom. The zero-order chi connectivity index (χ0) is 25.1. The molecule has 1 aromatic rings. The Morgan fingerprint density at radius 2 is 1.26 bits per heavy atom. The number of aliphatic hydroxyl groups is 1. The van der Waals surface area contributed by atoms with Crippen LogP contribution < -0.4 is 0 Å². The lowest BCUT2D eigenvalue weighted by atomic mass is 9.87. The van der Waals surface area contributed by atoms with Crippen LogP contribution in [0.1, 0.15) is 70.8 Å². The van der Waals surface area contributed by atoms with Gasteiger partial charge in [-0.2, -0.15) is 8.42 Å². The van der Waals surface area contributed by atoms with Crippen LogP contribution in [0.15, 0.2) is 29.2 Å². The Balaban J connectivity index is 0.000000287. The number of esters is 2. The van der Waals surface area contributed by atoms with E-state index in [0.29, 0.717) is 38.9 Å². The van der Waals surface area contributed by atoms with Crippen LogP contribution in [-0.4, -0.2) is 50.9 Å². The predicted octanol–water partition coefficient (Wildman–Crippen LogP) is 3.92. The summed E-state index contributed by atoms with van der Waals surface area (Å²) in [5, 5.41) is 9.19. The molecule has 0 radical (unpaired) electrons. The lowest BCUT2D eigenvalue weighted by molar-refractivity contribution is -0.150. The van der Waals surface area contributed by atoms with Crippen molar-refractivity contribution in [1.82, 2.24) is 0 Å². The maximum atomic E-state index is 12.2. The third kappa shape index (κ3) is 9.00. The van der Waals surface area contributed by atoms with Gasteiger partial charge in [0.05, 0.1) is 42.2 Å². The molecular weight excluding hydrogens is 460 g/mol. The Labute approximate surface area is 203 Å². The third-order valence-corrected chi connectivity index (χ3v) is 7.56. The topological polar surface area (TPSA) is 116 Å². The molecule has 9 heteroatoms. The van der Waals surface area contributed by atoms with Gasteiger partial charge in [0.25, 0.3) is 10.1 Å². The number of aliphatic hydroxyl groups excluding tert-OH is 1. The van der Waals surface area contributed by atoms with Gasteiger partial charge in [0, 0.05) is 0 Å². The largest absolute Gasteiger partial charge is 0.466 e. The van der Waals surface area contributed by atoms with Crippen LogP contribution in [-0.2, 0) is 33.4 Å². The lowest BCUT2D eigenvalue weighted by Crippen LogP contribution is -2.29. The minimum absolute atomic E-state index is 0.0355. The molecule has 2 aliphatic carbocycles. The SMILES string of the molecule is CCOC(=O)C1CCC(O)CC1.CCOC(=O)C1CCC(OS(=O)(=O)c2ccc(C)cc2)CC1. The van der Waals surface area contributed by atoms with Gasteiger partial charge in [-0.25, -0.2) is 0 Å². The molecule has 192 valence electrons. The summed E-state index contributed by atoms with van der Waals surface area (Å²) in [4.78, 5) is 23.0. The first-order valence-electron chi connectivity index (χ1n) is 12.2. The van der Waals surface area contributed by atoms with Crippen molar-refractivity contribution in [3.05, 3.63) is 29.8 Å². The van der Waals surface area contributed by atoms with E-state index in [4.69, 9.17) is 13.7 Å². The van der Waals surface area contributed by atoms with Crippen molar-refractivity contribution in [2.75, 3.05) is 13.2 Å². The molecule has 2 fully saturated rings. The van der Waals surface area contributed by atoms with Gasteiger partial charge in [0.15, 0.2) is 0 Å². The third-order valence-electron chi connectivity index (χ3n) is 6.18. The molecule has 0 unspecified atom stereocenters. The summed E-state index contributed by atoms with van der Waals surface area (Å²) in [6, 6.07) is 6.59. The second-order valence-electron chi connectivity index (χ2n) is 8.85. The normalized spacial score (nSPS) is 24.9. The fourth-order valence-electron chi connectivity index (χ4n) is 4.17. The summed E-state index contributed by atoms with van der Waals surface area (Å²) in [6.45, 7) is 6.32. The first kappa shape index (κ1) is 28.3. The van der Waals surface area contributed by atoms with Crippen molar-refractivity contribution < 1.29 is 36.8 Å². The van der Waals surface area contributed by atoms with E-state index in [1.807, 2.05) is 13.8 Å². The molecule has 0 saturated heterocycles. The first-order valence-corrected chi connectivity index (χ1v) is 13.6. The van der Waals surface area contributed by atoms with Crippen molar-refractivity contribution in [3.63, 3.8) is 0 Å². The molecule has 0 aliphatic heterocycles. The van der Waals surface area contributed by atoms with Gasteiger partial charge in [-0.15, -0.1) is 0 Å². The van der Waals surface area contributed by atoms with E-state index in [-0.39, 0.29) is 40.9 Å². The van der Waals surface area contributed by atoms with Gasteiger partial charge in [0.2, 0.25) is 0 Å². The number of hydrogen-bond acceptors (Lipinski definition) is 8. The van der Waals surface area contributed by atoms with E-state index in [0.717, 1.165) is 31.2 Å². The monoisotopic (exact) mass is 498 g/mol. The second kappa shape index (κ2) is 13.8. The summed E-state index contributed by atoms with van der Waals surface area (Å²) in [6.07, 6.45) is 4.78. The van der Waals surface area contributed by atoms with Crippen molar-refractivity contribution in [1.29, 1.82) is 0 Å². The van der Waals surface area contributed by atoms with Crippen molar-refractivity contribution in [3.8, 4) is 0 Å². The van der Waals surface area contributed by atoms with Crippen LogP contribution in [0.5, 0.6) is 0 Å². The average molecular weight is 499 g/mol. The number of benzene rings is 1. The predicted molar refractivity (Wildman–Crippen MR) is 126 cm³/mol. The molecule has 0 amide bonds. The van der Waals surface area contributed by atoms with Crippen LogP contribution in [0.3, 0.4) is 0 Å². The highest BCUT2D eigenvalue weighted by molar-refractivity contribution is 7.86. The van der Waals surface area contributed by atoms with E-state index in [2.05, 4.69) is 0 Å². The zero-order valence-corrected chi connectivity index (χ0v) is 21.2. The van der Waals surface area contributed by atoms with Crippen molar-refractivity contribution >= 4 is 22.1 Å². The van der Waals surface area contributed by atoms with Gasteiger partial charge < -0.3 is 14.6 Å². The molecule has 1 N–H and O–H groups in total. The van der Waals surface area contributed by atoms with E-state index >= 15 is 0 Å². The van der Waals surface area contributed by atoms with Gasteiger partial charge >= 0.3 is 11.9 Å². The van der Waals surface area contributed by atoms with Crippen LogP contribution in [0.4, 0.5) is 0 Å². The summed E-state index contributed by atoms with van der Waals surface area (Å²) in [7, 11) is -3.74. The molecule has 3 rings (SSSR count). The molecule has 2 aliphatic rings. The summed E-state index contributed by atoms with van der Waals surface area (Å²) < 4.78 is 39.6. The summed E-state index contributed by atoms with van der Waals surface area (Å²) in [5.74, 6) is -0.387. The number of hydrogen-bond donors (Lipinski definition) is 1. The Morgan fingerprint density at radius 1 is 0.824 bits per heavy atom. The molecule has 8 nitrogen and oxygen atoms in total. The number of carbonyl (C=O) groups is 2. The smallest absolute Gasteiger partial charge is 0.308 e. The Kier molecular flexibility index (Phi) is 11.5. The lowest BCUT2D eigenvalue weighted by Gasteiger charge is -2.26. The maximum absolute atomic E-state index is 12.2. The number of carbonyl (C=O) groups excluding carboxylic acids is 2. The zero-order valence-electron chi connectivity index (χ0n) is 20.4. The summed E-state index contributed by atoms with van der Waals surface area (Å²) >= 11 is 0. The molecule has 0 heterocycles. The van der Waals surface area contributed by atoms with Gasteiger partial charge in [-0.05, 0) is 84.3 Å². The first-order chi connectivity index (χ1) is 16.2. The molecule has 1 aromatic carbocycles. The molecule has 0 bridgehead atoms. The van der Waals surface area contributed by atoms with Crippen LogP contribution in [0, 0.1) is 18.8 Å². The highest BCUT2D eigenvalue weighted by Crippen LogP contribution is 2.29. The summed E-state index contributed by atoms with van der Waals surface area (Å²) in [5.41, 5.74) is 0.994. The number of aryl methyl sites for hydroxylation is 1. The molecule has 34 heavy (non-hydrogen) atoms. The fraction of sp³-hybridized carbons (Fsp3) is 0.680. The van der Waals surface area contributed by atoms with E-state index in [1.165, 1.54) is 0 Å². The maximum Gasteiger partial charge on any atom is 0.308 e. The van der Waals surface area contributed by atoms with Gasteiger partial charge in [-0.1, -0.05) is 17.7 Å². The minimum Gasteiger partial charge on any atom is -0.466 e. The molecule has 0 aromatic heterocycles. The quantitative estimate of drug-likeness (QED) is 0.444. The molecule has 0 spiro atoms. The van der Waals surface area contributed by atoms with Crippen LogP contribution >= 0.6 is 0 Å². The second-order valence-corrected chi connectivity index (χ2v) is 10.4. The Hall–Kier alpha value is -1.97. The van der Waals surface area contributed by atoms with Crippen LogP contribution in [0.25, 0.3) is 0 Å². The molecule has 0 atom stereocenters. The highest BCUT2D eigenvalue weighted by Gasteiger charge is 2.31. The highest BCUT2D eigenvalue weighted by atomic mass is 32.2.